The third-order valence-corrected chi connectivity index (χ3v) is 4.01. The molecular formula is C14H19N5O. The minimum atomic E-state index is 0.373. The number of nitriles is 1. The first-order valence-corrected chi connectivity index (χ1v) is 7.17. The number of nitrogens with zero attached hydrogens (tertiary/aromatic N) is 5. The lowest BCUT2D eigenvalue weighted by molar-refractivity contribution is 0.0354. The Labute approximate surface area is 119 Å². The molecule has 6 heteroatoms. The number of aromatic nitrogens is 2. The van der Waals surface area contributed by atoms with Crippen molar-refractivity contribution in [2.45, 2.75) is 18.9 Å². The second-order valence-electron chi connectivity index (χ2n) is 5.29. The first-order valence-electron chi connectivity index (χ1n) is 7.17. The molecule has 1 aromatic heterocycles. The predicted molar refractivity (Wildman–Crippen MR) is 74.4 cm³/mol. The van der Waals surface area contributed by atoms with Gasteiger partial charge in [0.2, 0.25) is 0 Å². The summed E-state index contributed by atoms with van der Waals surface area (Å²) >= 11 is 0. The van der Waals surface area contributed by atoms with Crippen molar-refractivity contribution < 1.29 is 4.74 Å². The van der Waals surface area contributed by atoms with E-state index in [0.29, 0.717) is 11.7 Å². The SMILES string of the molecule is N#Cc1ccc(N2CCC[C@H]2CN2CCOCC2)nn1. The number of ether oxygens (including phenoxy) is 1. The highest BCUT2D eigenvalue weighted by Gasteiger charge is 2.28. The van der Waals surface area contributed by atoms with Crippen molar-refractivity contribution in [2.75, 3.05) is 44.3 Å². The molecule has 0 unspecified atom stereocenters. The van der Waals surface area contributed by atoms with Crippen molar-refractivity contribution in [3.8, 4) is 6.07 Å². The van der Waals surface area contributed by atoms with Crippen molar-refractivity contribution >= 4 is 5.82 Å². The molecule has 2 aliphatic rings. The Bertz CT molecular complexity index is 477. The van der Waals surface area contributed by atoms with Gasteiger partial charge in [0.15, 0.2) is 11.5 Å². The number of rotatable bonds is 3. The van der Waals surface area contributed by atoms with Crippen LogP contribution in [0.25, 0.3) is 0 Å². The van der Waals surface area contributed by atoms with Crippen molar-refractivity contribution in [1.82, 2.24) is 15.1 Å². The Morgan fingerprint density at radius 1 is 1.25 bits per heavy atom. The monoisotopic (exact) mass is 273 g/mol. The van der Waals surface area contributed by atoms with Crippen LogP contribution in [0.3, 0.4) is 0 Å². The molecule has 0 N–H and O–H groups in total. The van der Waals surface area contributed by atoms with E-state index >= 15 is 0 Å². The summed E-state index contributed by atoms with van der Waals surface area (Å²) in [5.41, 5.74) is 0.373. The van der Waals surface area contributed by atoms with Crippen LogP contribution in [0.4, 0.5) is 5.82 Å². The molecule has 2 saturated heterocycles. The van der Waals surface area contributed by atoms with Crippen LogP contribution in [0.1, 0.15) is 18.5 Å². The van der Waals surface area contributed by atoms with Crippen LogP contribution < -0.4 is 4.90 Å². The molecule has 0 radical (unpaired) electrons. The van der Waals surface area contributed by atoms with Crippen LogP contribution in [0, 0.1) is 11.3 Å². The second kappa shape index (κ2) is 6.16. The summed E-state index contributed by atoms with van der Waals surface area (Å²) in [4.78, 5) is 4.78. The first-order chi connectivity index (χ1) is 9.86. The lowest BCUT2D eigenvalue weighted by atomic mass is 10.2. The van der Waals surface area contributed by atoms with E-state index in [-0.39, 0.29) is 0 Å². The zero-order valence-corrected chi connectivity index (χ0v) is 11.5. The highest BCUT2D eigenvalue weighted by atomic mass is 16.5. The summed E-state index contributed by atoms with van der Waals surface area (Å²) in [5, 5.41) is 16.9. The third kappa shape index (κ3) is 2.89. The Balaban J connectivity index is 1.66. The molecule has 3 heterocycles. The highest BCUT2D eigenvalue weighted by molar-refractivity contribution is 5.41. The number of anilines is 1. The smallest absolute Gasteiger partial charge is 0.163 e. The maximum Gasteiger partial charge on any atom is 0.163 e. The fourth-order valence-electron chi connectivity index (χ4n) is 2.95. The van der Waals surface area contributed by atoms with Crippen LogP contribution >= 0.6 is 0 Å². The molecule has 0 aliphatic carbocycles. The number of hydrogen-bond acceptors (Lipinski definition) is 6. The normalized spacial score (nSPS) is 23.8. The molecule has 20 heavy (non-hydrogen) atoms. The zero-order chi connectivity index (χ0) is 13.8. The summed E-state index contributed by atoms with van der Waals surface area (Å²) in [6.45, 7) is 5.79. The van der Waals surface area contributed by atoms with Crippen molar-refractivity contribution in [3.05, 3.63) is 17.8 Å². The van der Waals surface area contributed by atoms with Gasteiger partial charge in [0.25, 0.3) is 0 Å². The van der Waals surface area contributed by atoms with Gasteiger partial charge in [-0.1, -0.05) is 0 Å². The van der Waals surface area contributed by atoms with Gasteiger partial charge in [0.1, 0.15) is 6.07 Å². The molecule has 6 nitrogen and oxygen atoms in total. The minimum Gasteiger partial charge on any atom is -0.379 e. The second-order valence-corrected chi connectivity index (χ2v) is 5.29. The lowest BCUT2D eigenvalue weighted by Crippen LogP contribution is -2.45. The predicted octanol–water partition coefficient (Wildman–Crippen LogP) is 0.649. The van der Waals surface area contributed by atoms with E-state index in [9.17, 15) is 0 Å². The van der Waals surface area contributed by atoms with Crippen molar-refractivity contribution in [3.63, 3.8) is 0 Å². The maximum absolute atomic E-state index is 8.78. The van der Waals surface area contributed by atoms with Crippen LogP contribution in [-0.2, 0) is 4.74 Å². The largest absolute Gasteiger partial charge is 0.379 e. The van der Waals surface area contributed by atoms with E-state index in [2.05, 4.69) is 20.0 Å². The first kappa shape index (κ1) is 13.3. The molecule has 1 atom stereocenters. The van der Waals surface area contributed by atoms with Gasteiger partial charge >= 0.3 is 0 Å². The van der Waals surface area contributed by atoms with Gasteiger partial charge in [-0.2, -0.15) is 5.26 Å². The Morgan fingerprint density at radius 2 is 2.10 bits per heavy atom. The fraction of sp³-hybridized carbons (Fsp3) is 0.643. The van der Waals surface area contributed by atoms with Crippen LogP contribution in [0.15, 0.2) is 12.1 Å². The minimum absolute atomic E-state index is 0.373. The summed E-state index contributed by atoms with van der Waals surface area (Å²) in [5.74, 6) is 0.889. The topological polar surface area (TPSA) is 65.3 Å². The number of morpholine rings is 1. The molecule has 0 bridgehead atoms. The van der Waals surface area contributed by atoms with E-state index < -0.39 is 0 Å². The van der Waals surface area contributed by atoms with Crippen LogP contribution in [-0.4, -0.2) is 60.5 Å². The summed E-state index contributed by atoms with van der Waals surface area (Å²) in [6.07, 6.45) is 2.38. The van der Waals surface area contributed by atoms with Gasteiger partial charge in [-0.25, -0.2) is 0 Å². The Morgan fingerprint density at radius 3 is 2.80 bits per heavy atom. The van der Waals surface area contributed by atoms with Gasteiger partial charge in [-0.05, 0) is 25.0 Å². The van der Waals surface area contributed by atoms with Crippen LogP contribution in [0.2, 0.25) is 0 Å². The van der Waals surface area contributed by atoms with Crippen LogP contribution in [0.5, 0.6) is 0 Å². The van der Waals surface area contributed by atoms with E-state index in [0.717, 1.165) is 45.2 Å². The Hall–Kier alpha value is -1.71. The van der Waals surface area contributed by atoms with Gasteiger partial charge < -0.3 is 9.64 Å². The lowest BCUT2D eigenvalue weighted by Gasteiger charge is -2.33. The molecule has 2 fully saturated rings. The average molecular weight is 273 g/mol. The average Bonchev–Trinajstić information content (AvgIpc) is 2.96. The highest BCUT2D eigenvalue weighted by Crippen LogP contribution is 2.24. The van der Waals surface area contributed by atoms with Gasteiger partial charge in [-0.15, -0.1) is 10.2 Å². The van der Waals surface area contributed by atoms with E-state index in [1.54, 1.807) is 6.07 Å². The molecular weight excluding hydrogens is 254 g/mol. The summed E-state index contributed by atoms with van der Waals surface area (Å²) in [6, 6.07) is 6.15. The van der Waals surface area contributed by atoms with Gasteiger partial charge in [0.05, 0.1) is 13.2 Å². The van der Waals surface area contributed by atoms with E-state index in [4.69, 9.17) is 10.00 Å². The van der Waals surface area contributed by atoms with E-state index in [1.165, 1.54) is 12.8 Å². The summed E-state index contributed by atoms with van der Waals surface area (Å²) in [7, 11) is 0. The van der Waals surface area contributed by atoms with Gasteiger partial charge in [0, 0.05) is 32.2 Å². The molecule has 106 valence electrons. The number of hydrogen-bond donors (Lipinski definition) is 0. The Kier molecular flexibility index (Phi) is 4.09. The molecule has 0 spiro atoms. The quantitative estimate of drug-likeness (QED) is 0.805. The molecule has 0 saturated carbocycles. The van der Waals surface area contributed by atoms with Crippen molar-refractivity contribution in [2.24, 2.45) is 0 Å². The zero-order valence-electron chi connectivity index (χ0n) is 11.5. The van der Waals surface area contributed by atoms with Crippen molar-refractivity contribution in [1.29, 1.82) is 5.26 Å². The fourth-order valence-corrected chi connectivity index (χ4v) is 2.95. The molecule has 2 aliphatic heterocycles. The molecule has 3 rings (SSSR count). The third-order valence-electron chi connectivity index (χ3n) is 4.01. The maximum atomic E-state index is 8.78. The van der Waals surface area contributed by atoms with E-state index in [1.807, 2.05) is 12.1 Å². The summed E-state index contributed by atoms with van der Waals surface area (Å²) < 4.78 is 5.39. The standard InChI is InChI=1S/C14H19N5O/c15-10-12-3-4-14(17-16-12)19-5-1-2-13(19)11-18-6-8-20-9-7-18/h3-4,13H,1-2,5-9,11H2/t13-/m0/s1. The molecule has 1 aromatic rings. The molecule has 0 aromatic carbocycles. The molecule has 0 amide bonds. The van der Waals surface area contributed by atoms with Gasteiger partial charge in [-0.3, -0.25) is 4.90 Å².